The standard InChI is InChI=1S/C15H23ClN4/c1-4-12-14-15(19(3)18-12)20(13(9-16)17-14)10(2)11-7-5-6-8-11/h10-11H,4-9H2,1-3H3. The monoisotopic (exact) mass is 294 g/mol. The quantitative estimate of drug-likeness (QED) is 0.804. The molecule has 0 radical (unpaired) electrons. The molecule has 1 aliphatic rings. The first-order valence-corrected chi connectivity index (χ1v) is 8.19. The SMILES string of the molecule is CCc1nn(C)c2c1nc(CCl)n2C(C)C1CCCC1. The fourth-order valence-corrected chi connectivity index (χ4v) is 3.85. The predicted molar refractivity (Wildman–Crippen MR) is 82.1 cm³/mol. The molecule has 3 rings (SSSR count). The van der Waals surface area contributed by atoms with Gasteiger partial charge in [-0.15, -0.1) is 11.6 Å². The Morgan fingerprint density at radius 2 is 2.05 bits per heavy atom. The first-order valence-electron chi connectivity index (χ1n) is 7.66. The van der Waals surface area contributed by atoms with Gasteiger partial charge in [0.2, 0.25) is 0 Å². The Balaban J connectivity index is 2.14. The highest BCUT2D eigenvalue weighted by Gasteiger charge is 2.28. The minimum absolute atomic E-state index is 0.455. The molecule has 0 bridgehead atoms. The van der Waals surface area contributed by atoms with Crippen LogP contribution in [0.4, 0.5) is 0 Å². The van der Waals surface area contributed by atoms with E-state index in [9.17, 15) is 0 Å². The number of rotatable bonds is 4. The van der Waals surface area contributed by atoms with E-state index in [1.807, 2.05) is 11.7 Å². The van der Waals surface area contributed by atoms with E-state index >= 15 is 0 Å². The Labute approximate surface area is 125 Å². The van der Waals surface area contributed by atoms with E-state index in [0.29, 0.717) is 11.9 Å². The first-order chi connectivity index (χ1) is 9.67. The average Bonchev–Trinajstić information content (AvgIpc) is 3.14. The molecule has 1 atom stereocenters. The molecule has 5 heteroatoms. The molecule has 0 aliphatic heterocycles. The smallest absolute Gasteiger partial charge is 0.158 e. The van der Waals surface area contributed by atoms with E-state index in [-0.39, 0.29) is 0 Å². The lowest BCUT2D eigenvalue weighted by atomic mass is 9.99. The fourth-order valence-electron chi connectivity index (χ4n) is 3.66. The molecule has 1 saturated carbocycles. The number of nitrogens with zero attached hydrogens (tertiary/aromatic N) is 4. The van der Waals surface area contributed by atoms with Crippen LogP contribution in [0, 0.1) is 5.92 Å². The molecule has 0 saturated heterocycles. The summed E-state index contributed by atoms with van der Waals surface area (Å²) in [5.41, 5.74) is 3.25. The second-order valence-corrected chi connectivity index (χ2v) is 6.18. The molecule has 110 valence electrons. The summed E-state index contributed by atoms with van der Waals surface area (Å²) < 4.78 is 4.31. The van der Waals surface area contributed by atoms with Gasteiger partial charge in [0.1, 0.15) is 11.3 Å². The number of hydrogen-bond donors (Lipinski definition) is 0. The number of aryl methyl sites for hydroxylation is 2. The molecule has 2 aromatic rings. The van der Waals surface area contributed by atoms with Gasteiger partial charge in [-0.3, -0.25) is 4.68 Å². The largest absolute Gasteiger partial charge is 0.309 e. The van der Waals surface area contributed by atoms with Crippen LogP contribution < -0.4 is 0 Å². The van der Waals surface area contributed by atoms with Crippen LogP contribution in [0.3, 0.4) is 0 Å². The first kappa shape index (κ1) is 13.9. The normalized spacial score (nSPS) is 18.2. The van der Waals surface area contributed by atoms with Crippen LogP contribution >= 0.6 is 11.6 Å². The molecule has 0 N–H and O–H groups in total. The Kier molecular flexibility index (Phi) is 3.76. The molecule has 1 aliphatic carbocycles. The van der Waals surface area contributed by atoms with Gasteiger partial charge in [-0.1, -0.05) is 19.8 Å². The maximum absolute atomic E-state index is 6.15. The Hall–Kier alpha value is -1.03. The highest BCUT2D eigenvalue weighted by atomic mass is 35.5. The molecule has 0 amide bonds. The van der Waals surface area contributed by atoms with Crippen molar-refractivity contribution < 1.29 is 0 Å². The lowest BCUT2D eigenvalue weighted by molar-refractivity contribution is 0.358. The number of halogens is 1. The van der Waals surface area contributed by atoms with Crippen molar-refractivity contribution in [3.05, 3.63) is 11.5 Å². The van der Waals surface area contributed by atoms with Gasteiger partial charge in [0.05, 0.1) is 11.6 Å². The van der Waals surface area contributed by atoms with Crippen molar-refractivity contribution in [2.24, 2.45) is 13.0 Å². The molecule has 20 heavy (non-hydrogen) atoms. The van der Waals surface area contributed by atoms with Crippen molar-refractivity contribution in [2.75, 3.05) is 0 Å². The van der Waals surface area contributed by atoms with E-state index in [4.69, 9.17) is 16.6 Å². The van der Waals surface area contributed by atoms with Crippen molar-refractivity contribution in [3.63, 3.8) is 0 Å². The number of alkyl halides is 1. The van der Waals surface area contributed by atoms with E-state index < -0.39 is 0 Å². The maximum Gasteiger partial charge on any atom is 0.158 e. The molecule has 1 unspecified atom stereocenters. The van der Waals surface area contributed by atoms with Crippen LogP contribution in [-0.2, 0) is 19.3 Å². The maximum atomic E-state index is 6.15. The number of aromatic nitrogens is 4. The topological polar surface area (TPSA) is 35.6 Å². The third-order valence-electron chi connectivity index (χ3n) is 4.75. The van der Waals surface area contributed by atoms with Crippen LogP contribution in [0.2, 0.25) is 0 Å². The molecule has 2 aromatic heterocycles. The second-order valence-electron chi connectivity index (χ2n) is 5.91. The van der Waals surface area contributed by atoms with Crippen LogP contribution in [0.15, 0.2) is 0 Å². The zero-order valence-electron chi connectivity index (χ0n) is 12.6. The summed E-state index contributed by atoms with van der Waals surface area (Å²) in [6.45, 7) is 4.44. The van der Waals surface area contributed by atoms with Gasteiger partial charge in [-0.2, -0.15) is 5.10 Å². The van der Waals surface area contributed by atoms with Crippen molar-refractivity contribution in [3.8, 4) is 0 Å². The van der Waals surface area contributed by atoms with Gasteiger partial charge in [0, 0.05) is 13.1 Å². The molecule has 4 nitrogen and oxygen atoms in total. The second kappa shape index (κ2) is 5.40. The van der Waals surface area contributed by atoms with Gasteiger partial charge in [0.25, 0.3) is 0 Å². The van der Waals surface area contributed by atoms with Crippen molar-refractivity contribution in [1.29, 1.82) is 0 Å². The van der Waals surface area contributed by atoms with Crippen LogP contribution in [-0.4, -0.2) is 19.3 Å². The Bertz CT molecular complexity index is 607. The van der Waals surface area contributed by atoms with E-state index in [2.05, 4.69) is 23.5 Å². The van der Waals surface area contributed by atoms with Gasteiger partial charge in [-0.25, -0.2) is 4.98 Å². The summed E-state index contributed by atoms with van der Waals surface area (Å²) in [6, 6.07) is 0.455. The predicted octanol–water partition coefficient (Wildman–Crippen LogP) is 3.82. The number of imidazole rings is 1. The molecule has 0 spiro atoms. The summed E-state index contributed by atoms with van der Waals surface area (Å²) in [4.78, 5) is 4.76. The van der Waals surface area contributed by atoms with Gasteiger partial charge in [0.15, 0.2) is 5.65 Å². The summed E-state index contributed by atoms with van der Waals surface area (Å²) >= 11 is 6.15. The summed E-state index contributed by atoms with van der Waals surface area (Å²) in [6.07, 6.45) is 6.26. The highest BCUT2D eigenvalue weighted by Crippen LogP contribution is 2.37. The van der Waals surface area contributed by atoms with Gasteiger partial charge in [-0.05, 0) is 32.1 Å². The number of fused-ring (bicyclic) bond motifs is 1. The molecule has 2 heterocycles. The number of hydrogen-bond acceptors (Lipinski definition) is 2. The zero-order valence-corrected chi connectivity index (χ0v) is 13.3. The molecular weight excluding hydrogens is 272 g/mol. The lowest BCUT2D eigenvalue weighted by Gasteiger charge is -2.23. The minimum Gasteiger partial charge on any atom is -0.309 e. The van der Waals surface area contributed by atoms with Crippen LogP contribution in [0.1, 0.15) is 57.1 Å². The Morgan fingerprint density at radius 3 is 2.65 bits per heavy atom. The van der Waals surface area contributed by atoms with E-state index in [1.54, 1.807) is 0 Å². The summed E-state index contributed by atoms with van der Waals surface area (Å²) in [5, 5.41) is 4.60. The van der Waals surface area contributed by atoms with Crippen molar-refractivity contribution >= 4 is 22.8 Å². The minimum atomic E-state index is 0.455. The highest BCUT2D eigenvalue weighted by molar-refractivity contribution is 6.16. The lowest BCUT2D eigenvalue weighted by Crippen LogP contribution is -2.17. The third kappa shape index (κ3) is 2.05. The van der Waals surface area contributed by atoms with Crippen LogP contribution in [0.25, 0.3) is 11.2 Å². The van der Waals surface area contributed by atoms with Gasteiger partial charge < -0.3 is 4.57 Å². The van der Waals surface area contributed by atoms with E-state index in [1.165, 1.54) is 25.7 Å². The van der Waals surface area contributed by atoms with Crippen molar-refractivity contribution in [1.82, 2.24) is 19.3 Å². The average molecular weight is 295 g/mol. The molecule has 0 aromatic carbocycles. The van der Waals surface area contributed by atoms with Crippen molar-refractivity contribution in [2.45, 2.75) is 57.9 Å². The fraction of sp³-hybridized carbons (Fsp3) is 0.733. The molecular formula is C15H23ClN4. The Morgan fingerprint density at radius 1 is 1.35 bits per heavy atom. The molecule has 1 fully saturated rings. The van der Waals surface area contributed by atoms with Crippen LogP contribution in [0.5, 0.6) is 0 Å². The zero-order chi connectivity index (χ0) is 14.3. The van der Waals surface area contributed by atoms with Gasteiger partial charge >= 0.3 is 0 Å². The summed E-state index contributed by atoms with van der Waals surface area (Å²) in [5.74, 6) is 2.20. The van der Waals surface area contributed by atoms with E-state index in [0.717, 1.165) is 35.0 Å². The summed E-state index contributed by atoms with van der Waals surface area (Å²) in [7, 11) is 2.01. The third-order valence-corrected chi connectivity index (χ3v) is 4.99.